The molecule has 1 aromatic carbocycles. The molecule has 100 valence electrons. The number of nitrogens with zero attached hydrogens (tertiary/aromatic N) is 2. The summed E-state index contributed by atoms with van der Waals surface area (Å²) in [6.07, 6.45) is 4.68. The fourth-order valence-corrected chi connectivity index (χ4v) is 1.65. The first-order valence-corrected chi connectivity index (χ1v) is 5.47. The van der Waals surface area contributed by atoms with Crippen molar-refractivity contribution in [2.75, 3.05) is 0 Å². The number of nitrogens with one attached hydrogen (secondary N) is 1. The van der Waals surface area contributed by atoms with E-state index in [0.717, 1.165) is 5.56 Å². The minimum absolute atomic E-state index is 0.0914. The Labute approximate surface area is 108 Å². The maximum absolute atomic E-state index is 12.0. The first-order chi connectivity index (χ1) is 9.20. The number of hydrogen-bond acceptors (Lipinski definition) is 5. The Balaban J connectivity index is 2.20. The van der Waals surface area contributed by atoms with Crippen molar-refractivity contribution >= 4 is 0 Å². The maximum atomic E-state index is 12.0. The van der Waals surface area contributed by atoms with Gasteiger partial charge in [-0.15, -0.1) is 0 Å². The molecule has 1 heterocycles. The number of ether oxygens (including phenoxy) is 1. The number of rotatable bonds is 5. The van der Waals surface area contributed by atoms with Gasteiger partial charge in [-0.05, 0) is 17.7 Å². The van der Waals surface area contributed by atoms with Crippen molar-refractivity contribution in [1.29, 1.82) is 0 Å². The zero-order chi connectivity index (χ0) is 13.7. The van der Waals surface area contributed by atoms with Crippen LogP contribution < -0.4 is 16.0 Å². The smallest absolute Gasteiger partial charge is 0.387 e. The van der Waals surface area contributed by atoms with Gasteiger partial charge in [0.15, 0.2) is 0 Å². The van der Waals surface area contributed by atoms with Crippen LogP contribution in [0.25, 0.3) is 0 Å². The molecule has 0 spiro atoms. The fourth-order valence-electron chi connectivity index (χ4n) is 1.65. The Kier molecular flexibility index (Phi) is 4.32. The van der Waals surface area contributed by atoms with Crippen LogP contribution in [0.2, 0.25) is 0 Å². The molecule has 0 saturated carbocycles. The van der Waals surface area contributed by atoms with E-state index in [1.165, 1.54) is 12.1 Å². The number of halogens is 2. The molecule has 5 nitrogen and oxygen atoms in total. The van der Waals surface area contributed by atoms with Crippen LogP contribution >= 0.6 is 0 Å². The summed E-state index contributed by atoms with van der Waals surface area (Å²) in [7, 11) is 0. The van der Waals surface area contributed by atoms with Gasteiger partial charge in [-0.3, -0.25) is 15.8 Å². The zero-order valence-electron chi connectivity index (χ0n) is 9.83. The summed E-state index contributed by atoms with van der Waals surface area (Å²) in [6.45, 7) is -2.84. The summed E-state index contributed by atoms with van der Waals surface area (Å²) in [4.78, 5) is 8.09. The van der Waals surface area contributed by atoms with E-state index in [0.29, 0.717) is 5.69 Å². The standard InChI is InChI=1S/C12H12F2N4O/c13-12(14)19-9-3-1-8(2-4-9)11(18-15)10-7-16-5-6-17-10/h1-7,11-12,18H,15H2. The normalized spacial score (nSPS) is 12.4. The summed E-state index contributed by atoms with van der Waals surface area (Å²) in [5.74, 6) is 5.58. The van der Waals surface area contributed by atoms with E-state index >= 15 is 0 Å². The van der Waals surface area contributed by atoms with Crippen molar-refractivity contribution in [2.45, 2.75) is 12.7 Å². The van der Waals surface area contributed by atoms with Gasteiger partial charge in [0.2, 0.25) is 0 Å². The molecule has 0 aliphatic carbocycles. The molecule has 1 atom stereocenters. The average molecular weight is 266 g/mol. The maximum Gasteiger partial charge on any atom is 0.387 e. The molecule has 0 radical (unpaired) electrons. The van der Waals surface area contributed by atoms with Crippen LogP contribution in [0.5, 0.6) is 5.75 Å². The largest absolute Gasteiger partial charge is 0.435 e. The summed E-state index contributed by atoms with van der Waals surface area (Å²) in [5.41, 5.74) is 4.00. The van der Waals surface area contributed by atoms with Gasteiger partial charge in [-0.1, -0.05) is 12.1 Å². The molecule has 0 fully saturated rings. The molecule has 0 amide bonds. The highest BCUT2D eigenvalue weighted by molar-refractivity contribution is 5.32. The highest BCUT2D eigenvalue weighted by atomic mass is 19.3. The molecule has 1 aromatic heterocycles. The van der Waals surface area contributed by atoms with E-state index < -0.39 is 6.61 Å². The van der Waals surface area contributed by atoms with E-state index in [1.54, 1.807) is 30.7 Å². The predicted molar refractivity (Wildman–Crippen MR) is 64.3 cm³/mol. The number of hydrazine groups is 1. The average Bonchev–Trinajstić information content (AvgIpc) is 2.42. The minimum atomic E-state index is -2.84. The number of benzene rings is 1. The number of hydrogen-bond donors (Lipinski definition) is 2. The van der Waals surface area contributed by atoms with E-state index in [-0.39, 0.29) is 11.8 Å². The molecule has 2 rings (SSSR count). The van der Waals surface area contributed by atoms with Crippen molar-refractivity contribution in [3.05, 3.63) is 54.1 Å². The summed E-state index contributed by atoms with van der Waals surface area (Å²) < 4.78 is 28.4. The van der Waals surface area contributed by atoms with E-state index in [1.807, 2.05) is 0 Å². The van der Waals surface area contributed by atoms with Crippen LogP contribution in [0.4, 0.5) is 8.78 Å². The highest BCUT2D eigenvalue weighted by Crippen LogP contribution is 2.22. The lowest BCUT2D eigenvalue weighted by Crippen LogP contribution is -2.29. The van der Waals surface area contributed by atoms with Gasteiger partial charge >= 0.3 is 6.61 Å². The van der Waals surface area contributed by atoms with Crippen molar-refractivity contribution < 1.29 is 13.5 Å². The number of nitrogens with two attached hydrogens (primary N) is 1. The van der Waals surface area contributed by atoms with Crippen molar-refractivity contribution in [3.8, 4) is 5.75 Å². The SMILES string of the molecule is NNC(c1ccc(OC(F)F)cc1)c1cnccn1. The third kappa shape index (κ3) is 3.43. The second-order valence-electron chi connectivity index (χ2n) is 3.68. The molecule has 2 aromatic rings. The van der Waals surface area contributed by atoms with E-state index in [2.05, 4.69) is 20.1 Å². The molecule has 7 heteroatoms. The van der Waals surface area contributed by atoms with Gasteiger partial charge < -0.3 is 4.74 Å². The minimum Gasteiger partial charge on any atom is -0.435 e. The highest BCUT2D eigenvalue weighted by Gasteiger charge is 2.14. The Bertz CT molecular complexity index is 507. The predicted octanol–water partition coefficient (Wildman–Crippen LogP) is 1.63. The molecule has 0 aliphatic rings. The van der Waals surface area contributed by atoms with E-state index in [4.69, 9.17) is 5.84 Å². The molecular weight excluding hydrogens is 254 g/mol. The summed E-state index contributed by atoms with van der Waals surface area (Å²) >= 11 is 0. The van der Waals surface area contributed by atoms with Gasteiger partial charge in [0.05, 0.1) is 17.9 Å². The van der Waals surface area contributed by atoms with Crippen LogP contribution in [-0.2, 0) is 0 Å². The van der Waals surface area contributed by atoms with Crippen LogP contribution in [0, 0.1) is 0 Å². The van der Waals surface area contributed by atoms with Gasteiger partial charge in [0.1, 0.15) is 5.75 Å². The quantitative estimate of drug-likeness (QED) is 0.635. The second kappa shape index (κ2) is 6.17. The lowest BCUT2D eigenvalue weighted by molar-refractivity contribution is -0.0498. The first kappa shape index (κ1) is 13.3. The Morgan fingerprint density at radius 3 is 2.42 bits per heavy atom. The van der Waals surface area contributed by atoms with Crippen LogP contribution in [0.3, 0.4) is 0 Å². The molecule has 19 heavy (non-hydrogen) atoms. The van der Waals surface area contributed by atoms with Crippen LogP contribution in [-0.4, -0.2) is 16.6 Å². The topological polar surface area (TPSA) is 73.1 Å². The van der Waals surface area contributed by atoms with Gasteiger partial charge in [0.25, 0.3) is 0 Å². The summed E-state index contributed by atoms with van der Waals surface area (Å²) in [6, 6.07) is 5.80. The van der Waals surface area contributed by atoms with Gasteiger partial charge in [0, 0.05) is 12.4 Å². The molecule has 3 N–H and O–H groups in total. The third-order valence-corrected chi connectivity index (χ3v) is 2.48. The number of aromatic nitrogens is 2. The van der Waals surface area contributed by atoms with Gasteiger partial charge in [-0.2, -0.15) is 8.78 Å². The second-order valence-corrected chi connectivity index (χ2v) is 3.68. The van der Waals surface area contributed by atoms with E-state index in [9.17, 15) is 8.78 Å². The van der Waals surface area contributed by atoms with Crippen LogP contribution in [0.15, 0.2) is 42.9 Å². The monoisotopic (exact) mass is 266 g/mol. The molecule has 0 aliphatic heterocycles. The van der Waals surface area contributed by atoms with Gasteiger partial charge in [-0.25, -0.2) is 5.43 Å². The molecule has 0 saturated heterocycles. The van der Waals surface area contributed by atoms with Crippen molar-refractivity contribution in [3.63, 3.8) is 0 Å². The Hall–Kier alpha value is -2.12. The van der Waals surface area contributed by atoms with Crippen molar-refractivity contribution in [2.24, 2.45) is 5.84 Å². The summed E-state index contributed by atoms with van der Waals surface area (Å²) in [5, 5.41) is 0. The zero-order valence-corrected chi connectivity index (χ0v) is 9.83. The fraction of sp³-hybridized carbons (Fsp3) is 0.167. The lowest BCUT2D eigenvalue weighted by Gasteiger charge is -2.15. The van der Waals surface area contributed by atoms with Crippen LogP contribution in [0.1, 0.15) is 17.3 Å². The number of alkyl halides is 2. The van der Waals surface area contributed by atoms with Crippen molar-refractivity contribution in [1.82, 2.24) is 15.4 Å². The molecular formula is C12H12F2N4O. The Morgan fingerprint density at radius 1 is 1.16 bits per heavy atom. The third-order valence-electron chi connectivity index (χ3n) is 2.48. The lowest BCUT2D eigenvalue weighted by atomic mass is 10.0. The molecule has 1 unspecified atom stereocenters. The Morgan fingerprint density at radius 2 is 1.89 bits per heavy atom. The first-order valence-electron chi connectivity index (χ1n) is 5.47. The molecule has 0 bridgehead atoms.